The fourth-order valence-electron chi connectivity index (χ4n) is 1.86. The molecule has 116 valence electrons. The first-order valence-corrected chi connectivity index (χ1v) is 7.46. The number of carbonyl (C=O) groups excluding carboxylic acids is 1. The van der Waals surface area contributed by atoms with Crippen molar-refractivity contribution < 1.29 is 9.53 Å². The van der Waals surface area contributed by atoms with Crippen LogP contribution >= 0.6 is 11.6 Å². The first-order valence-electron chi connectivity index (χ1n) is 7.08. The molecule has 0 bridgehead atoms. The summed E-state index contributed by atoms with van der Waals surface area (Å²) in [6.45, 7) is 1.12. The van der Waals surface area contributed by atoms with Crippen molar-refractivity contribution >= 4 is 17.5 Å². The topological polar surface area (TPSA) is 77.1 Å². The second-order valence-corrected chi connectivity index (χ2v) is 4.99. The number of rotatable bonds is 9. The molecule has 1 aromatic carbocycles. The summed E-state index contributed by atoms with van der Waals surface area (Å²) in [6, 6.07) is 11.2. The maximum Gasteiger partial charge on any atom is 0.222 e. The monoisotopic (exact) mass is 319 g/mol. The third-order valence-electron chi connectivity index (χ3n) is 2.97. The number of carbonyl (C=O) groups is 1. The van der Waals surface area contributed by atoms with Gasteiger partial charge in [-0.15, -0.1) is 0 Å². The first kappa shape index (κ1) is 17.8. The Balaban J connectivity index is 2.35. The minimum atomic E-state index is -0.0618. The van der Waals surface area contributed by atoms with Gasteiger partial charge in [-0.2, -0.15) is 10.5 Å². The predicted octanol–water partition coefficient (Wildman–Crippen LogP) is 3.15. The standard InChI is InChI=1S/C16H18ClN3O2/c17-14-6-1-2-7-15(14)22-13-3-8-16(21)20(11-4-9-18)12-5-10-19/h1-2,6-7H,3-5,8,11-13H2. The third-order valence-corrected chi connectivity index (χ3v) is 3.28. The minimum Gasteiger partial charge on any atom is -0.492 e. The van der Waals surface area contributed by atoms with E-state index in [9.17, 15) is 4.79 Å². The molecular weight excluding hydrogens is 302 g/mol. The Bertz CT molecular complexity index is 545. The largest absolute Gasteiger partial charge is 0.492 e. The molecule has 0 radical (unpaired) electrons. The summed E-state index contributed by atoms with van der Waals surface area (Å²) in [6.07, 6.45) is 1.42. The van der Waals surface area contributed by atoms with Crippen LogP contribution in [0.2, 0.25) is 5.02 Å². The zero-order valence-corrected chi connectivity index (χ0v) is 13.1. The summed E-state index contributed by atoms with van der Waals surface area (Å²) in [4.78, 5) is 13.6. The second-order valence-electron chi connectivity index (χ2n) is 4.58. The van der Waals surface area contributed by atoms with E-state index in [2.05, 4.69) is 0 Å². The van der Waals surface area contributed by atoms with E-state index in [0.29, 0.717) is 43.3 Å². The molecule has 5 nitrogen and oxygen atoms in total. The van der Waals surface area contributed by atoms with Crippen molar-refractivity contribution in [3.63, 3.8) is 0 Å². The van der Waals surface area contributed by atoms with E-state index in [-0.39, 0.29) is 18.7 Å². The van der Waals surface area contributed by atoms with Crippen molar-refractivity contribution in [2.75, 3.05) is 19.7 Å². The molecule has 0 saturated carbocycles. The van der Waals surface area contributed by atoms with E-state index in [4.69, 9.17) is 26.9 Å². The van der Waals surface area contributed by atoms with E-state index in [1.165, 1.54) is 0 Å². The van der Waals surface area contributed by atoms with Crippen molar-refractivity contribution in [2.24, 2.45) is 0 Å². The quantitative estimate of drug-likeness (QED) is 0.655. The molecule has 0 fully saturated rings. The van der Waals surface area contributed by atoms with Gasteiger partial charge in [0, 0.05) is 19.5 Å². The highest BCUT2D eigenvalue weighted by molar-refractivity contribution is 6.32. The lowest BCUT2D eigenvalue weighted by molar-refractivity contribution is -0.131. The van der Waals surface area contributed by atoms with Crippen LogP contribution in [-0.4, -0.2) is 30.5 Å². The van der Waals surface area contributed by atoms with Gasteiger partial charge < -0.3 is 9.64 Å². The van der Waals surface area contributed by atoms with E-state index in [1.54, 1.807) is 17.0 Å². The van der Waals surface area contributed by atoms with E-state index < -0.39 is 0 Å². The molecule has 22 heavy (non-hydrogen) atoms. The Morgan fingerprint density at radius 2 is 1.82 bits per heavy atom. The number of amides is 1. The van der Waals surface area contributed by atoms with Crippen molar-refractivity contribution in [2.45, 2.75) is 25.7 Å². The van der Waals surface area contributed by atoms with Crippen LogP contribution in [0.3, 0.4) is 0 Å². The lowest BCUT2D eigenvalue weighted by Crippen LogP contribution is -2.32. The number of benzene rings is 1. The molecule has 1 rings (SSSR count). The van der Waals surface area contributed by atoms with Crippen LogP contribution in [0.25, 0.3) is 0 Å². The van der Waals surface area contributed by atoms with Crippen LogP contribution in [0.4, 0.5) is 0 Å². The predicted molar refractivity (Wildman–Crippen MR) is 83.2 cm³/mol. The van der Waals surface area contributed by atoms with Gasteiger partial charge in [-0.25, -0.2) is 0 Å². The third kappa shape index (κ3) is 6.47. The summed E-state index contributed by atoms with van der Waals surface area (Å²) >= 11 is 5.97. The number of nitrogens with zero attached hydrogens (tertiary/aromatic N) is 3. The summed E-state index contributed by atoms with van der Waals surface area (Å²) in [5.74, 6) is 0.538. The van der Waals surface area contributed by atoms with Gasteiger partial charge in [-0.3, -0.25) is 4.79 Å². The zero-order valence-electron chi connectivity index (χ0n) is 12.3. The molecule has 0 N–H and O–H groups in total. The number of hydrogen-bond acceptors (Lipinski definition) is 4. The summed E-state index contributed by atoms with van der Waals surface area (Å²) < 4.78 is 5.52. The summed E-state index contributed by atoms with van der Waals surface area (Å²) in [7, 11) is 0. The van der Waals surface area contributed by atoms with Crippen LogP contribution in [0.1, 0.15) is 25.7 Å². The number of halogens is 1. The normalized spacial score (nSPS) is 9.59. The molecule has 1 amide bonds. The highest BCUT2D eigenvalue weighted by Crippen LogP contribution is 2.23. The van der Waals surface area contributed by atoms with Crippen LogP contribution in [0.15, 0.2) is 24.3 Å². The van der Waals surface area contributed by atoms with Crippen molar-refractivity contribution in [1.29, 1.82) is 10.5 Å². The fourth-order valence-corrected chi connectivity index (χ4v) is 2.05. The molecule has 0 aromatic heterocycles. The van der Waals surface area contributed by atoms with Gasteiger partial charge in [0.1, 0.15) is 5.75 Å². The SMILES string of the molecule is N#CCCN(CCC#N)C(=O)CCCOc1ccccc1Cl. The molecule has 6 heteroatoms. The van der Waals surface area contributed by atoms with Crippen molar-refractivity contribution in [3.05, 3.63) is 29.3 Å². The number of nitriles is 2. The minimum absolute atomic E-state index is 0.0618. The van der Waals surface area contributed by atoms with Crippen LogP contribution in [-0.2, 0) is 4.79 Å². The Kier molecular flexibility index (Phi) is 8.49. The van der Waals surface area contributed by atoms with Gasteiger partial charge in [0.15, 0.2) is 0 Å². The van der Waals surface area contributed by atoms with Gasteiger partial charge in [0.05, 0.1) is 36.6 Å². The molecule has 0 aliphatic heterocycles. The van der Waals surface area contributed by atoms with Gasteiger partial charge in [-0.1, -0.05) is 23.7 Å². The summed E-state index contributed by atoms with van der Waals surface area (Å²) in [5.41, 5.74) is 0. The summed E-state index contributed by atoms with van der Waals surface area (Å²) in [5, 5.41) is 17.7. The van der Waals surface area contributed by atoms with Gasteiger partial charge >= 0.3 is 0 Å². The molecular formula is C16H18ClN3O2. The van der Waals surface area contributed by atoms with Gasteiger partial charge in [0.25, 0.3) is 0 Å². The first-order chi connectivity index (χ1) is 10.7. The fraction of sp³-hybridized carbons (Fsp3) is 0.438. The average molecular weight is 320 g/mol. The van der Waals surface area contributed by atoms with Crippen LogP contribution < -0.4 is 4.74 Å². The van der Waals surface area contributed by atoms with E-state index in [0.717, 1.165) is 0 Å². The van der Waals surface area contributed by atoms with Crippen molar-refractivity contribution in [1.82, 2.24) is 4.90 Å². The lowest BCUT2D eigenvalue weighted by atomic mass is 10.2. The molecule has 0 aliphatic carbocycles. The second kappa shape index (κ2) is 10.5. The average Bonchev–Trinajstić information content (AvgIpc) is 2.53. The number of hydrogen-bond donors (Lipinski definition) is 0. The van der Waals surface area contributed by atoms with E-state index in [1.807, 2.05) is 24.3 Å². The number of para-hydroxylation sites is 1. The molecule has 0 saturated heterocycles. The lowest BCUT2D eigenvalue weighted by Gasteiger charge is -2.20. The van der Waals surface area contributed by atoms with Crippen LogP contribution in [0, 0.1) is 22.7 Å². The molecule has 0 unspecified atom stereocenters. The zero-order chi connectivity index (χ0) is 16.2. The van der Waals surface area contributed by atoms with Crippen molar-refractivity contribution in [3.8, 4) is 17.9 Å². The highest BCUT2D eigenvalue weighted by Gasteiger charge is 2.12. The Morgan fingerprint density at radius 1 is 1.18 bits per heavy atom. The Morgan fingerprint density at radius 3 is 2.41 bits per heavy atom. The number of ether oxygens (including phenoxy) is 1. The molecule has 0 heterocycles. The molecule has 0 atom stereocenters. The Labute approximate surface area is 135 Å². The van der Waals surface area contributed by atoms with Crippen LogP contribution in [0.5, 0.6) is 5.75 Å². The molecule has 0 spiro atoms. The van der Waals surface area contributed by atoms with E-state index >= 15 is 0 Å². The molecule has 1 aromatic rings. The van der Waals surface area contributed by atoms with Gasteiger partial charge in [0.2, 0.25) is 5.91 Å². The molecule has 0 aliphatic rings. The maximum atomic E-state index is 12.1. The Hall–Kier alpha value is -2.24. The highest BCUT2D eigenvalue weighted by atomic mass is 35.5. The smallest absolute Gasteiger partial charge is 0.222 e. The van der Waals surface area contributed by atoms with Gasteiger partial charge in [-0.05, 0) is 18.6 Å². The maximum absolute atomic E-state index is 12.1.